The van der Waals surface area contributed by atoms with Crippen LogP contribution in [0.25, 0.3) is 10.6 Å². The standard InChI is InChI=1S/C19H18N2O2S/c1-23-19(22)17-11-10-16(24-17)15-8-5-9-18(21-15)20-13-12-14-6-3-2-4-7-14/h2-11H,12-13H2,1H3,(H,20,21). The first-order valence-corrected chi connectivity index (χ1v) is 8.51. The summed E-state index contributed by atoms with van der Waals surface area (Å²) in [5, 5.41) is 3.35. The topological polar surface area (TPSA) is 51.2 Å². The number of hydrogen-bond donors (Lipinski definition) is 1. The zero-order valence-corrected chi connectivity index (χ0v) is 14.2. The minimum atomic E-state index is -0.316. The van der Waals surface area contributed by atoms with E-state index in [9.17, 15) is 4.79 Å². The van der Waals surface area contributed by atoms with E-state index in [1.807, 2.05) is 42.5 Å². The first-order valence-electron chi connectivity index (χ1n) is 7.69. The number of ether oxygens (including phenoxy) is 1. The van der Waals surface area contributed by atoms with Crippen molar-refractivity contribution in [1.29, 1.82) is 0 Å². The molecule has 0 saturated carbocycles. The molecular formula is C19H18N2O2S. The Morgan fingerprint density at radius 2 is 1.92 bits per heavy atom. The fourth-order valence-corrected chi connectivity index (χ4v) is 3.23. The second-order valence-electron chi connectivity index (χ2n) is 5.23. The molecule has 0 aliphatic carbocycles. The summed E-state index contributed by atoms with van der Waals surface area (Å²) in [6.45, 7) is 0.818. The lowest BCUT2D eigenvalue weighted by Gasteiger charge is -2.07. The summed E-state index contributed by atoms with van der Waals surface area (Å²) in [5.41, 5.74) is 2.14. The van der Waals surface area contributed by atoms with Gasteiger partial charge in [-0.2, -0.15) is 0 Å². The van der Waals surface area contributed by atoms with Crippen LogP contribution in [-0.2, 0) is 11.2 Å². The second-order valence-corrected chi connectivity index (χ2v) is 6.31. The van der Waals surface area contributed by atoms with Crippen LogP contribution in [-0.4, -0.2) is 24.6 Å². The van der Waals surface area contributed by atoms with Crippen molar-refractivity contribution in [3.63, 3.8) is 0 Å². The third-order valence-electron chi connectivity index (χ3n) is 3.56. The molecule has 0 saturated heterocycles. The van der Waals surface area contributed by atoms with Gasteiger partial charge in [0.05, 0.1) is 17.7 Å². The van der Waals surface area contributed by atoms with E-state index in [0.29, 0.717) is 4.88 Å². The van der Waals surface area contributed by atoms with Crippen molar-refractivity contribution in [3.8, 4) is 10.6 Å². The van der Waals surface area contributed by atoms with E-state index in [2.05, 4.69) is 22.4 Å². The highest BCUT2D eigenvalue weighted by molar-refractivity contribution is 7.17. The third kappa shape index (κ3) is 4.00. The molecule has 24 heavy (non-hydrogen) atoms. The van der Waals surface area contributed by atoms with Gasteiger partial charge in [-0.05, 0) is 36.2 Å². The molecule has 1 N–H and O–H groups in total. The Kier molecular flexibility index (Phi) is 5.23. The second kappa shape index (κ2) is 7.75. The van der Waals surface area contributed by atoms with Gasteiger partial charge in [0.2, 0.25) is 0 Å². The van der Waals surface area contributed by atoms with Crippen molar-refractivity contribution < 1.29 is 9.53 Å². The lowest BCUT2D eigenvalue weighted by Crippen LogP contribution is -2.06. The number of anilines is 1. The molecule has 0 atom stereocenters. The molecule has 0 radical (unpaired) electrons. The molecule has 0 aliphatic heterocycles. The number of pyridine rings is 1. The van der Waals surface area contributed by atoms with E-state index in [1.165, 1.54) is 24.0 Å². The van der Waals surface area contributed by atoms with Gasteiger partial charge in [-0.3, -0.25) is 0 Å². The Morgan fingerprint density at radius 3 is 2.71 bits per heavy atom. The molecule has 0 unspecified atom stereocenters. The lowest BCUT2D eigenvalue weighted by atomic mass is 10.1. The first kappa shape index (κ1) is 16.2. The van der Waals surface area contributed by atoms with Crippen LogP contribution >= 0.6 is 11.3 Å². The van der Waals surface area contributed by atoms with Crippen LogP contribution in [0.1, 0.15) is 15.2 Å². The summed E-state index contributed by atoms with van der Waals surface area (Å²) in [4.78, 5) is 17.7. The molecule has 0 amide bonds. The quantitative estimate of drug-likeness (QED) is 0.683. The Bertz CT molecular complexity index is 815. The Hall–Kier alpha value is -2.66. The molecule has 2 aromatic heterocycles. The number of aromatic nitrogens is 1. The van der Waals surface area contributed by atoms with Crippen LogP contribution in [0.4, 0.5) is 5.82 Å². The van der Waals surface area contributed by atoms with Crippen molar-refractivity contribution in [2.45, 2.75) is 6.42 Å². The zero-order valence-electron chi connectivity index (χ0n) is 13.4. The molecule has 5 heteroatoms. The number of carbonyl (C=O) groups is 1. The summed E-state index contributed by atoms with van der Waals surface area (Å²) >= 11 is 1.38. The number of carbonyl (C=O) groups excluding carboxylic acids is 1. The largest absolute Gasteiger partial charge is 0.465 e. The summed E-state index contributed by atoms with van der Waals surface area (Å²) in [5.74, 6) is 0.514. The molecule has 3 aromatic rings. The fourth-order valence-electron chi connectivity index (χ4n) is 2.34. The third-order valence-corrected chi connectivity index (χ3v) is 4.64. The van der Waals surface area contributed by atoms with Gasteiger partial charge in [-0.1, -0.05) is 36.4 Å². The van der Waals surface area contributed by atoms with Crippen LogP contribution in [0.15, 0.2) is 60.7 Å². The monoisotopic (exact) mass is 338 g/mol. The number of hydrogen-bond acceptors (Lipinski definition) is 5. The average molecular weight is 338 g/mol. The fraction of sp³-hybridized carbons (Fsp3) is 0.158. The molecule has 0 fully saturated rings. The van der Waals surface area contributed by atoms with E-state index in [1.54, 1.807) is 6.07 Å². The van der Waals surface area contributed by atoms with Gasteiger partial charge in [-0.25, -0.2) is 9.78 Å². The van der Waals surface area contributed by atoms with Crippen LogP contribution in [0, 0.1) is 0 Å². The van der Waals surface area contributed by atoms with Gasteiger partial charge in [-0.15, -0.1) is 11.3 Å². The van der Waals surface area contributed by atoms with Crippen LogP contribution in [0.2, 0.25) is 0 Å². The number of thiophene rings is 1. The summed E-state index contributed by atoms with van der Waals surface area (Å²) in [7, 11) is 1.39. The number of nitrogens with one attached hydrogen (secondary N) is 1. The van der Waals surface area contributed by atoms with Gasteiger partial charge in [0, 0.05) is 6.54 Å². The zero-order chi connectivity index (χ0) is 16.8. The maximum absolute atomic E-state index is 11.6. The molecule has 0 bridgehead atoms. The van der Waals surface area contributed by atoms with Gasteiger partial charge in [0.25, 0.3) is 0 Å². The van der Waals surface area contributed by atoms with Crippen molar-refractivity contribution in [2.24, 2.45) is 0 Å². The summed E-state index contributed by atoms with van der Waals surface area (Å²) < 4.78 is 4.74. The SMILES string of the molecule is COC(=O)c1ccc(-c2cccc(NCCc3ccccc3)n2)s1. The number of esters is 1. The molecule has 122 valence electrons. The van der Waals surface area contributed by atoms with Gasteiger partial charge in [0.15, 0.2) is 0 Å². The van der Waals surface area contributed by atoms with E-state index in [4.69, 9.17) is 4.74 Å². The molecule has 0 aliphatic rings. The first-order chi connectivity index (χ1) is 11.8. The molecular weight excluding hydrogens is 320 g/mol. The van der Waals surface area contributed by atoms with Gasteiger partial charge < -0.3 is 10.1 Å². The molecule has 4 nitrogen and oxygen atoms in total. The van der Waals surface area contributed by atoms with E-state index < -0.39 is 0 Å². The molecule has 3 rings (SSSR count). The minimum absolute atomic E-state index is 0.316. The molecule has 0 spiro atoms. The number of nitrogens with zero attached hydrogens (tertiary/aromatic N) is 1. The van der Waals surface area contributed by atoms with E-state index in [-0.39, 0.29) is 5.97 Å². The average Bonchev–Trinajstić information content (AvgIpc) is 3.12. The lowest BCUT2D eigenvalue weighted by molar-refractivity contribution is 0.0606. The number of methoxy groups -OCH3 is 1. The molecule has 1 aromatic carbocycles. The van der Waals surface area contributed by atoms with E-state index >= 15 is 0 Å². The number of rotatable bonds is 6. The maximum atomic E-state index is 11.6. The normalized spacial score (nSPS) is 10.4. The predicted molar refractivity (Wildman–Crippen MR) is 97.5 cm³/mol. The van der Waals surface area contributed by atoms with Crippen LogP contribution in [0.3, 0.4) is 0 Å². The van der Waals surface area contributed by atoms with Crippen molar-refractivity contribution >= 4 is 23.1 Å². The Balaban J connectivity index is 1.65. The highest BCUT2D eigenvalue weighted by Crippen LogP contribution is 2.27. The Morgan fingerprint density at radius 1 is 1.08 bits per heavy atom. The van der Waals surface area contributed by atoms with Crippen molar-refractivity contribution in [3.05, 3.63) is 71.1 Å². The highest BCUT2D eigenvalue weighted by atomic mass is 32.1. The Labute approximate surface area is 145 Å². The number of benzene rings is 1. The smallest absolute Gasteiger partial charge is 0.348 e. The van der Waals surface area contributed by atoms with Crippen LogP contribution in [0.5, 0.6) is 0 Å². The van der Waals surface area contributed by atoms with Gasteiger partial charge >= 0.3 is 5.97 Å². The van der Waals surface area contributed by atoms with E-state index in [0.717, 1.165) is 29.4 Å². The minimum Gasteiger partial charge on any atom is -0.465 e. The summed E-state index contributed by atoms with van der Waals surface area (Å²) in [6, 6.07) is 19.9. The summed E-state index contributed by atoms with van der Waals surface area (Å²) in [6.07, 6.45) is 0.943. The predicted octanol–water partition coefficient (Wildman–Crippen LogP) is 4.25. The van der Waals surface area contributed by atoms with Gasteiger partial charge in [0.1, 0.15) is 10.7 Å². The molecule has 2 heterocycles. The van der Waals surface area contributed by atoms with Crippen LogP contribution < -0.4 is 5.32 Å². The maximum Gasteiger partial charge on any atom is 0.348 e. The van der Waals surface area contributed by atoms with Crippen molar-refractivity contribution in [2.75, 3.05) is 19.0 Å². The van der Waals surface area contributed by atoms with Crippen molar-refractivity contribution in [1.82, 2.24) is 4.98 Å². The highest BCUT2D eigenvalue weighted by Gasteiger charge is 2.11.